The van der Waals surface area contributed by atoms with E-state index in [1.807, 2.05) is 18.2 Å². The Balaban J connectivity index is 1.73. The number of hydrogen-bond acceptors (Lipinski definition) is 6. The molecule has 2 aromatic carbocycles. The fraction of sp³-hybridized carbons (Fsp3) is 0.143. The maximum absolute atomic E-state index is 12.8. The number of carbonyl (C=O) groups is 1. The van der Waals surface area contributed by atoms with Crippen molar-refractivity contribution in [2.45, 2.75) is 13.1 Å². The molecule has 0 aliphatic carbocycles. The Morgan fingerprint density at radius 2 is 1.87 bits per heavy atom. The first-order valence-corrected chi connectivity index (χ1v) is 12.2. The molecule has 0 fully saturated rings. The molecular formula is C28H23Cl2N5O3. The number of amides is 1. The molecule has 8 nitrogen and oxygen atoms in total. The van der Waals surface area contributed by atoms with Crippen LogP contribution >= 0.6 is 23.2 Å². The number of rotatable bonds is 9. The predicted molar refractivity (Wildman–Crippen MR) is 146 cm³/mol. The van der Waals surface area contributed by atoms with Gasteiger partial charge in [0.2, 0.25) is 0 Å². The van der Waals surface area contributed by atoms with E-state index in [9.17, 15) is 10.1 Å². The number of ether oxygens (including phenoxy) is 2. The molecule has 0 bridgehead atoms. The number of nitriles is 1. The molecule has 192 valence electrons. The summed E-state index contributed by atoms with van der Waals surface area (Å²) >= 11 is 12.8. The molecule has 0 aliphatic heterocycles. The molecule has 2 heterocycles. The van der Waals surface area contributed by atoms with Gasteiger partial charge in [0.15, 0.2) is 11.5 Å². The van der Waals surface area contributed by atoms with Gasteiger partial charge in [0, 0.05) is 51.9 Å². The third-order valence-electron chi connectivity index (χ3n) is 5.67. The lowest BCUT2D eigenvalue weighted by molar-refractivity contribution is -0.117. The van der Waals surface area contributed by atoms with Crippen molar-refractivity contribution in [1.82, 2.24) is 20.1 Å². The summed E-state index contributed by atoms with van der Waals surface area (Å²) in [5.41, 5.74) is 3.21. The summed E-state index contributed by atoms with van der Waals surface area (Å²) in [6, 6.07) is 16.2. The first-order chi connectivity index (χ1) is 18.4. The number of aromatic nitrogens is 3. The Hall–Kier alpha value is -4.32. The van der Waals surface area contributed by atoms with Gasteiger partial charge in [-0.15, -0.1) is 0 Å². The largest absolute Gasteiger partial charge is 0.493 e. The minimum absolute atomic E-state index is 0.0778. The van der Waals surface area contributed by atoms with Gasteiger partial charge < -0.3 is 14.8 Å². The van der Waals surface area contributed by atoms with Gasteiger partial charge in [-0.1, -0.05) is 35.3 Å². The first kappa shape index (κ1) is 26.7. The number of halogens is 2. The van der Waals surface area contributed by atoms with E-state index in [2.05, 4.69) is 10.3 Å². The van der Waals surface area contributed by atoms with E-state index in [0.717, 1.165) is 5.56 Å². The smallest absolute Gasteiger partial charge is 0.262 e. The van der Waals surface area contributed by atoms with E-state index in [1.165, 1.54) is 6.08 Å². The minimum Gasteiger partial charge on any atom is -0.493 e. The molecule has 4 rings (SSSR count). The van der Waals surface area contributed by atoms with Gasteiger partial charge in [-0.3, -0.25) is 14.5 Å². The highest BCUT2D eigenvalue weighted by molar-refractivity contribution is 6.36. The zero-order chi connectivity index (χ0) is 27.1. The van der Waals surface area contributed by atoms with Crippen LogP contribution in [0.5, 0.6) is 11.5 Å². The molecule has 1 amide bonds. The summed E-state index contributed by atoms with van der Waals surface area (Å²) in [6.45, 7) is 0.514. The minimum atomic E-state index is -0.517. The number of carbonyl (C=O) groups excluding carboxylic acids is 1. The summed E-state index contributed by atoms with van der Waals surface area (Å²) < 4.78 is 12.5. The summed E-state index contributed by atoms with van der Waals surface area (Å²) in [5, 5.41) is 18.3. The standard InChI is InChI=1S/C28H23Cl2N5O3/c1-37-25-9-8-19(12-26(25)38-2)27-21(16-35(34-27)17-22-23(29)6-3-7-24(22)30)11-20(13-31)28(36)33-15-18-5-4-10-32-14-18/h3-12,14,16H,15,17H2,1-2H3,(H,33,36)/b20-11+. The average molecular weight is 548 g/mol. The topological polar surface area (TPSA) is 102 Å². The second-order valence-electron chi connectivity index (χ2n) is 8.11. The van der Waals surface area contributed by atoms with Gasteiger partial charge >= 0.3 is 0 Å². The second-order valence-corrected chi connectivity index (χ2v) is 8.93. The average Bonchev–Trinajstić information content (AvgIpc) is 3.34. The highest BCUT2D eigenvalue weighted by Crippen LogP contribution is 2.34. The number of nitrogens with zero attached hydrogens (tertiary/aromatic N) is 4. The maximum atomic E-state index is 12.8. The molecule has 0 radical (unpaired) electrons. The number of methoxy groups -OCH3 is 2. The summed E-state index contributed by atoms with van der Waals surface area (Å²) in [7, 11) is 3.10. The third-order valence-corrected chi connectivity index (χ3v) is 6.38. The van der Waals surface area contributed by atoms with Gasteiger partial charge in [0.25, 0.3) is 5.91 Å². The SMILES string of the molecule is COc1ccc(-c2nn(Cc3c(Cl)cccc3Cl)cc2/C=C(\C#N)C(=O)NCc2cccnc2)cc1OC. The molecule has 0 atom stereocenters. The summed E-state index contributed by atoms with van der Waals surface area (Å²) in [5.74, 6) is 0.554. The van der Waals surface area contributed by atoms with Gasteiger partial charge in [-0.25, -0.2) is 0 Å². The molecule has 0 saturated heterocycles. The van der Waals surface area contributed by atoms with Crippen molar-refractivity contribution in [3.05, 3.63) is 99.4 Å². The van der Waals surface area contributed by atoms with Crippen LogP contribution < -0.4 is 14.8 Å². The fourth-order valence-electron chi connectivity index (χ4n) is 3.76. The number of nitrogens with one attached hydrogen (secondary N) is 1. The molecule has 10 heteroatoms. The van der Waals surface area contributed by atoms with Crippen LogP contribution in [0.3, 0.4) is 0 Å². The molecule has 0 spiro atoms. The van der Waals surface area contributed by atoms with Crippen LogP contribution in [0, 0.1) is 11.3 Å². The van der Waals surface area contributed by atoms with Gasteiger partial charge in [-0.05, 0) is 48.0 Å². The van der Waals surface area contributed by atoms with Crippen LogP contribution in [0.15, 0.2) is 72.7 Å². The molecule has 4 aromatic rings. The Morgan fingerprint density at radius 3 is 2.53 bits per heavy atom. The van der Waals surface area contributed by atoms with Gasteiger partial charge in [0.05, 0.1) is 26.5 Å². The van der Waals surface area contributed by atoms with Gasteiger partial charge in [-0.2, -0.15) is 10.4 Å². The van der Waals surface area contributed by atoms with Crippen LogP contribution in [0.25, 0.3) is 17.3 Å². The Labute approximate surface area is 230 Å². The number of hydrogen-bond donors (Lipinski definition) is 1. The highest BCUT2D eigenvalue weighted by Gasteiger charge is 2.17. The zero-order valence-corrected chi connectivity index (χ0v) is 22.1. The maximum Gasteiger partial charge on any atom is 0.262 e. The highest BCUT2D eigenvalue weighted by atomic mass is 35.5. The first-order valence-electron chi connectivity index (χ1n) is 11.4. The molecule has 0 saturated carbocycles. The molecule has 2 aromatic heterocycles. The van der Waals surface area contributed by atoms with E-state index in [4.69, 9.17) is 37.8 Å². The molecule has 0 unspecified atom stereocenters. The monoisotopic (exact) mass is 547 g/mol. The Bertz CT molecular complexity index is 1510. The summed E-state index contributed by atoms with van der Waals surface area (Å²) in [6.07, 6.45) is 6.53. The Morgan fingerprint density at radius 1 is 1.11 bits per heavy atom. The van der Waals surface area contributed by atoms with Gasteiger partial charge in [0.1, 0.15) is 11.6 Å². The Kier molecular flexibility index (Phi) is 8.64. The van der Waals surface area contributed by atoms with E-state index in [-0.39, 0.29) is 18.7 Å². The van der Waals surface area contributed by atoms with E-state index >= 15 is 0 Å². The quantitative estimate of drug-likeness (QED) is 0.218. The predicted octanol–water partition coefficient (Wildman–Crippen LogP) is 5.54. The number of benzene rings is 2. The molecule has 1 N–H and O–H groups in total. The van der Waals surface area contributed by atoms with Crippen LogP contribution in [-0.4, -0.2) is 34.9 Å². The van der Waals surface area contributed by atoms with Crippen molar-refractivity contribution < 1.29 is 14.3 Å². The van der Waals surface area contributed by atoms with Crippen molar-refractivity contribution in [3.63, 3.8) is 0 Å². The lowest BCUT2D eigenvalue weighted by Gasteiger charge is -2.09. The third kappa shape index (κ3) is 6.14. The molecule has 0 aliphatic rings. The van der Waals surface area contributed by atoms with Crippen LogP contribution in [0.2, 0.25) is 10.0 Å². The van der Waals surface area contributed by atoms with Crippen molar-refractivity contribution in [3.8, 4) is 28.8 Å². The summed E-state index contributed by atoms with van der Waals surface area (Å²) in [4.78, 5) is 16.9. The molecule has 38 heavy (non-hydrogen) atoms. The van der Waals surface area contributed by atoms with Crippen LogP contribution in [0.1, 0.15) is 16.7 Å². The van der Waals surface area contributed by atoms with E-state index in [0.29, 0.717) is 43.9 Å². The van der Waals surface area contributed by atoms with Crippen LogP contribution in [-0.2, 0) is 17.9 Å². The van der Waals surface area contributed by atoms with Crippen molar-refractivity contribution in [1.29, 1.82) is 5.26 Å². The van der Waals surface area contributed by atoms with Crippen molar-refractivity contribution in [2.24, 2.45) is 0 Å². The second kappa shape index (κ2) is 12.3. The van der Waals surface area contributed by atoms with Crippen molar-refractivity contribution >= 4 is 35.2 Å². The zero-order valence-electron chi connectivity index (χ0n) is 20.6. The molecular weight excluding hydrogens is 525 g/mol. The van der Waals surface area contributed by atoms with E-state index < -0.39 is 5.91 Å². The normalized spacial score (nSPS) is 11.1. The lowest BCUT2D eigenvalue weighted by Crippen LogP contribution is -2.24. The lowest BCUT2D eigenvalue weighted by atomic mass is 10.1. The number of pyridine rings is 1. The fourth-order valence-corrected chi connectivity index (χ4v) is 4.28. The van der Waals surface area contributed by atoms with E-state index in [1.54, 1.807) is 73.9 Å². The van der Waals surface area contributed by atoms with Crippen LogP contribution in [0.4, 0.5) is 0 Å². The van der Waals surface area contributed by atoms with Crippen molar-refractivity contribution in [2.75, 3.05) is 14.2 Å².